The lowest BCUT2D eigenvalue weighted by Gasteiger charge is -2.32. The molecule has 1 aliphatic rings. The number of carbonyl (C=O) groups excluding carboxylic acids is 1. The van der Waals surface area contributed by atoms with Gasteiger partial charge < -0.3 is 10.0 Å². The molecule has 0 aromatic rings. The number of rotatable bonds is 1. The van der Waals surface area contributed by atoms with E-state index in [0.717, 1.165) is 0 Å². The van der Waals surface area contributed by atoms with Crippen LogP contribution in [0.5, 0.6) is 0 Å². The third-order valence-electron chi connectivity index (χ3n) is 2.17. The average molecular weight is 275 g/mol. The predicted molar refractivity (Wildman–Crippen MR) is 47.6 cm³/mol. The second-order valence-corrected chi connectivity index (χ2v) is 5.59. The fourth-order valence-corrected chi connectivity index (χ4v) is 3.17. The summed E-state index contributed by atoms with van der Waals surface area (Å²) in [5, 5.41) is 6.17. The van der Waals surface area contributed by atoms with Gasteiger partial charge in [0.15, 0.2) is 9.84 Å². The topological polar surface area (TPSA) is 91.8 Å². The summed E-state index contributed by atoms with van der Waals surface area (Å²) in [6.07, 6.45) is -5.51. The minimum atomic E-state index is -5.29. The Balaban J connectivity index is 3.14. The Morgan fingerprint density at radius 3 is 2.24 bits per heavy atom. The van der Waals surface area contributed by atoms with Crippen molar-refractivity contribution in [2.24, 2.45) is 0 Å². The smallest absolute Gasteiger partial charge is 0.471 e. The highest BCUT2D eigenvalue weighted by Gasteiger charge is 2.51. The van der Waals surface area contributed by atoms with E-state index in [1.54, 1.807) is 0 Å². The molecule has 1 aliphatic heterocycles. The zero-order chi connectivity index (χ0) is 13.4. The number of carboxylic acid groups (broad SMARTS) is 1. The SMILES string of the molecule is O=C(O)C1N(C(=O)C(F)(F)F)CCCS1(=O)=O. The number of nitrogens with zero attached hydrogens (tertiary/aromatic N) is 1. The number of alkyl halides is 3. The van der Waals surface area contributed by atoms with E-state index in [1.165, 1.54) is 0 Å². The lowest BCUT2D eigenvalue weighted by Crippen LogP contribution is -2.57. The Morgan fingerprint density at radius 2 is 1.82 bits per heavy atom. The molecule has 0 radical (unpaired) electrons. The second kappa shape index (κ2) is 4.17. The summed E-state index contributed by atoms with van der Waals surface area (Å²) < 4.78 is 59.1. The number of sulfone groups is 1. The molecule has 1 fully saturated rings. The highest BCUT2D eigenvalue weighted by Crippen LogP contribution is 2.25. The molecule has 10 heteroatoms. The van der Waals surface area contributed by atoms with E-state index in [9.17, 15) is 31.2 Å². The highest BCUT2D eigenvalue weighted by atomic mass is 32.2. The van der Waals surface area contributed by atoms with Gasteiger partial charge >= 0.3 is 18.1 Å². The van der Waals surface area contributed by atoms with Crippen molar-refractivity contribution in [1.29, 1.82) is 0 Å². The first-order valence-corrected chi connectivity index (χ1v) is 6.11. The maximum absolute atomic E-state index is 12.1. The Labute approximate surface area is 93.9 Å². The van der Waals surface area contributed by atoms with E-state index in [0.29, 0.717) is 0 Å². The molecular weight excluding hydrogens is 267 g/mol. The fraction of sp³-hybridized carbons (Fsp3) is 0.714. The Morgan fingerprint density at radius 1 is 1.29 bits per heavy atom. The summed E-state index contributed by atoms with van der Waals surface area (Å²) >= 11 is 0. The monoisotopic (exact) mass is 275 g/mol. The van der Waals surface area contributed by atoms with Gasteiger partial charge in [-0.15, -0.1) is 0 Å². The van der Waals surface area contributed by atoms with Gasteiger partial charge in [-0.3, -0.25) is 4.79 Å². The summed E-state index contributed by atoms with van der Waals surface area (Å²) in [6.45, 7) is -0.547. The van der Waals surface area contributed by atoms with Crippen LogP contribution in [0.15, 0.2) is 0 Å². The summed E-state index contributed by atoms with van der Waals surface area (Å²) in [5.41, 5.74) is 0. The Kier molecular flexibility index (Phi) is 3.37. The standard InChI is InChI=1S/C7H8F3NO5S/c8-7(9,10)6(14)11-2-1-3-17(15,16)4(11)5(12)13/h4H,1-3H2,(H,12,13). The number of amides is 1. The van der Waals surface area contributed by atoms with E-state index in [2.05, 4.69) is 0 Å². The number of hydrogen-bond acceptors (Lipinski definition) is 4. The molecule has 1 heterocycles. The molecule has 1 unspecified atom stereocenters. The van der Waals surface area contributed by atoms with Crippen LogP contribution >= 0.6 is 0 Å². The minimum Gasteiger partial charge on any atom is -0.479 e. The van der Waals surface area contributed by atoms with E-state index < -0.39 is 45.6 Å². The molecule has 1 amide bonds. The molecule has 0 aliphatic carbocycles. The van der Waals surface area contributed by atoms with Gasteiger partial charge in [-0.2, -0.15) is 13.2 Å². The number of hydrogen-bond donors (Lipinski definition) is 1. The first-order valence-electron chi connectivity index (χ1n) is 4.39. The Hall–Kier alpha value is -1.32. The average Bonchev–Trinajstić information content (AvgIpc) is 2.12. The van der Waals surface area contributed by atoms with Crippen molar-refractivity contribution in [3.8, 4) is 0 Å². The van der Waals surface area contributed by atoms with E-state index in [1.807, 2.05) is 0 Å². The normalized spacial score (nSPS) is 24.4. The first kappa shape index (κ1) is 13.7. The molecule has 0 aromatic carbocycles. The van der Waals surface area contributed by atoms with Crippen molar-refractivity contribution in [2.75, 3.05) is 12.3 Å². The van der Waals surface area contributed by atoms with Crippen molar-refractivity contribution in [3.63, 3.8) is 0 Å². The zero-order valence-electron chi connectivity index (χ0n) is 8.27. The van der Waals surface area contributed by atoms with Gasteiger partial charge in [-0.25, -0.2) is 13.2 Å². The summed E-state index contributed by atoms with van der Waals surface area (Å²) in [4.78, 5) is 21.4. The lowest BCUT2D eigenvalue weighted by molar-refractivity contribution is -0.188. The van der Waals surface area contributed by atoms with Crippen LogP contribution in [0, 0.1) is 0 Å². The van der Waals surface area contributed by atoms with Crippen LogP contribution in [0.25, 0.3) is 0 Å². The number of carbonyl (C=O) groups is 2. The van der Waals surface area contributed by atoms with Gasteiger partial charge in [0.1, 0.15) is 0 Å². The van der Waals surface area contributed by atoms with Crippen LogP contribution in [0.1, 0.15) is 6.42 Å². The van der Waals surface area contributed by atoms with E-state index >= 15 is 0 Å². The van der Waals surface area contributed by atoms with Crippen LogP contribution in [0.4, 0.5) is 13.2 Å². The molecule has 1 N–H and O–H groups in total. The quantitative estimate of drug-likeness (QED) is 0.703. The van der Waals surface area contributed by atoms with Crippen LogP contribution in [0.2, 0.25) is 0 Å². The molecule has 98 valence electrons. The highest BCUT2D eigenvalue weighted by molar-refractivity contribution is 7.92. The van der Waals surface area contributed by atoms with Crippen molar-refractivity contribution in [3.05, 3.63) is 0 Å². The van der Waals surface area contributed by atoms with Crippen LogP contribution in [-0.4, -0.2) is 54.1 Å². The number of carboxylic acids is 1. The minimum absolute atomic E-state index is 0.166. The van der Waals surface area contributed by atoms with E-state index in [-0.39, 0.29) is 11.3 Å². The van der Waals surface area contributed by atoms with Gasteiger partial charge in [0.2, 0.25) is 5.37 Å². The summed E-state index contributed by atoms with van der Waals surface area (Å²) in [5.74, 6) is -4.98. The van der Waals surface area contributed by atoms with Gasteiger partial charge in [0.25, 0.3) is 0 Å². The summed E-state index contributed by atoms with van der Waals surface area (Å²) in [7, 11) is -4.27. The number of aliphatic carboxylic acids is 1. The molecule has 0 aromatic heterocycles. The maximum atomic E-state index is 12.1. The third-order valence-corrected chi connectivity index (χ3v) is 4.16. The second-order valence-electron chi connectivity index (χ2n) is 3.41. The maximum Gasteiger partial charge on any atom is 0.471 e. The molecule has 17 heavy (non-hydrogen) atoms. The number of halogens is 3. The first-order chi connectivity index (χ1) is 7.57. The largest absolute Gasteiger partial charge is 0.479 e. The van der Waals surface area contributed by atoms with Crippen molar-refractivity contribution < 1.29 is 36.3 Å². The Bertz CT molecular complexity index is 443. The summed E-state index contributed by atoms with van der Waals surface area (Å²) in [6, 6.07) is 0. The van der Waals surface area contributed by atoms with Gasteiger partial charge in [-0.1, -0.05) is 0 Å². The molecule has 0 saturated carbocycles. The molecule has 1 saturated heterocycles. The van der Waals surface area contributed by atoms with Gasteiger partial charge in [-0.05, 0) is 6.42 Å². The predicted octanol–water partition coefficient (Wildman–Crippen LogP) is -0.393. The fourth-order valence-electron chi connectivity index (χ4n) is 1.52. The van der Waals surface area contributed by atoms with Crippen LogP contribution in [-0.2, 0) is 19.4 Å². The molecule has 0 bridgehead atoms. The van der Waals surface area contributed by atoms with Crippen molar-refractivity contribution >= 4 is 21.7 Å². The molecule has 0 spiro atoms. The third kappa shape index (κ3) is 2.68. The zero-order valence-corrected chi connectivity index (χ0v) is 9.08. The lowest BCUT2D eigenvalue weighted by atomic mass is 10.3. The van der Waals surface area contributed by atoms with Gasteiger partial charge in [0, 0.05) is 6.54 Å². The van der Waals surface area contributed by atoms with Crippen LogP contribution in [0.3, 0.4) is 0 Å². The van der Waals surface area contributed by atoms with Crippen molar-refractivity contribution in [2.45, 2.75) is 18.0 Å². The molecular formula is C7H8F3NO5S. The molecule has 1 rings (SSSR count). The van der Waals surface area contributed by atoms with E-state index in [4.69, 9.17) is 5.11 Å². The molecule has 1 atom stereocenters. The van der Waals surface area contributed by atoms with Crippen molar-refractivity contribution in [1.82, 2.24) is 4.90 Å². The van der Waals surface area contributed by atoms with Gasteiger partial charge in [0.05, 0.1) is 5.75 Å². The molecule has 6 nitrogen and oxygen atoms in total. The van der Waals surface area contributed by atoms with Crippen LogP contribution < -0.4 is 0 Å².